The molecule has 0 aliphatic carbocycles. The fourth-order valence-electron chi connectivity index (χ4n) is 1.64. The lowest BCUT2D eigenvalue weighted by molar-refractivity contribution is 0.112. The molecule has 0 aliphatic heterocycles. The van der Waals surface area contributed by atoms with Gasteiger partial charge >= 0.3 is 0 Å². The van der Waals surface area contributed by atoms with E-state index in [-0.39, 0.29) is 6.61 Å². The molecule has 0 amide bonds. The van der Waals surface area contributed by atoms with E-state index in [1.54, 1.807) is 36.5 Å². The van der Waals surface area contributed by atoms with Crippen LogP contribution in [0, 0.1) is 11.3 Å². The molecular formula is C14H10N2O2. The zero-order valence-corrected chi connectivity index (χ0v) is 9.50. The van der Waals surface area contributed by atoms with E-state index >= 15 is 0 Å². The molecule has 1 N–H and O–H groups in total. The SMILES string of the molecule is N#Cc1ccc(-c2cnc(CO)c(C=O)c2)cc1. The number of carbonyl (C=O) groups excluding carboxylic acids is 1. The van der Waals surface area contributed by atoms with Crippen LogP contribution in [-0.4, -0.2) is 16.4 Å². The van der Waals surface area contributed by atoms with Gasteiger partial charge in [-0.05, 0) is 23.8 Å². The minimum Gasteiger partial charge on any atom is -0.390 e. The van der Waals surface area contributed by atoms with Crippen molar-refractivity contribution < 1.29 is 9.90 Å². The number of aldehydes is 1. The molecule has 0 radical (unpaired) electrons. The van der Waals surface area contributed by atoms with Gasteiger partial charge in [-0.15, -0.1) is 0 Å². The van der Waals surface area contributed by atoms with E-state index in [4.69, 9.17) is 10.4 Å². The summed E-state index contributed by atoms with van der Waals surface area (Å²) in [5, 5.41) is 17.7. The number of nitriles is 1. The Balaban J connectivity index is 2.44. The molecule has 0 atom stereocenters. The Morgan fingerprint density at radius 1 is 1.28 bits per heavy atom. The van der Waals surface area contributed by atoms with Crippen molar-refractivity contribution in [3.8, 4) is 17.2 Å². The summed E-state index contributed by atoms with van der Waals surface area (Å²) in [6, 6.07) is 10.7. The second-order valence-corrected chi connectivity index (χ2v) is 3.73. The topological polar surface area (TPSA) is 74.0 Å². The van der Waals surface area contributed by atoms with E-state index in [9.17, 15) is 4.79 Å². The Bertz CT molecular complexity index is 613. The van der Waals surface area contributed by atoms with Crippen LogP contribution in [-0.2, 0) is 6.61 Å². The zero-order chi connectivity index (χ0) is 13.0. The summed E-state index contributed by atoms with van der Waals surface area (Å²) in [6.07, 6.45) is 2.27. The summed E-state index contributed by atoms with van der Waals surface area (Å²) in [6.45, 7) is -0.262. The third-order valence-electron chi connectivity index (χ3n) is 2.63. The van der Waals surface area contributed by atoms with Crippen LogP contribution in [0.1, 0.15) is 21.6 Å². The van der Waals surface area contributed by atoms with Crippen LogP contribution in [0.4, 0.5) is 0 Å². The average Bonchev–Trinajstić information content (AvgIpc) is 2.46. The maximum Gasteiger partial charge on any atom is 0.151 e. The van der Waals surface area contributed by atoms with Gasteiger partial charge < -0.3 is 5.11 Å². The Labute approximate surface area is 104 Å². The van der Waals surface area contributed by atoms with Crippen molar-refractivity contribution in [2.45, 2.75) is 6.61 Å². The van der Waals surface area contributed by atoms with E-state index in [0.29, 0.717) is 23.1 Å². The van der Waals surface area contributed by atoms with Gasteiger partial charge in [0.2, 0.25) is 0 Å². The van der Waals surface area contributed by atoms with E-state index in [1.165, 1.54) is 0 Å². The molecule has 0 unspecified atom stereocenters. The number of hydrogen-bond acceptors (Lipinski definition) is 4. The second kappa shape index (κ2) is 5.21. The molecule has 1 heterocycles. The number of aliphatic hydroxyl groups is 1. The van der Waals surface area contributed by atoms with Crippen LogP contribution < -0.4 is 0 Å². The van der Waals surface area contributed by atoms with E-state index in [0.717, 1.165) is 11.1 Å². The van der Waals surface area contributed by atoms with Gasteiger partial charge in [0.15, 0.2) is 6.29 Å². The van der Waals surface area contributed by atoms with Crippen LogP contribution in [0.15, 0.2) is 36.5 Å². The van der Waals surface area contributed by atoms with Gasteiger partial charge in [0.25, 0.3) is 0 Å². The molecular weight excluding hydrogens is 228 g/mol. The van der Waals surface area contributed by atoms with Gasteiger partial charge in [-0.1, -0.05) is 12.1 Å². The van der Waals surface area contributed by atoms with Crippen molar-refractivity contribution in [1.82, 2.24) is 4.98 Å². The van der Waals surface area contributed by atoms with Gasteiger partial charge in [-0.25, -0.2) is 0 Å². The number of carbonyl (C=O) groups is 1. The Hall–Kier alpha value is -2.51. The Morgan fingerprint density at radius 3 is 2.56 bits per heavy atom. The first-order valence-electron chi connectivity index (χ1n) is 5.34. The lowest BCUT2D eigenvalue weighted by atomic mass is 10.0. The first-order chi connectivity index (χ1) is 8.78. The number of pyridine rings is 1. The first-order valence-corrected chi connectivity index (χ1v) is 5.34. The minimum absolute atomic E-state index is 0.262. The average molecular weight is 238 g/mol. The third-order valence-corrected chi connectivity index (χ3v) is 2.63. The number of nitrogens with zero attached hydrogens (tertiary/aromatic N) is 2. The number of aliphatic hydroxyl groups excluding tert-OH is 1. The Morgan fingerprint density at radius 2 is 2.00 bits per heavy atom. The number of hydrogen-bond donors (Lipinski definition) is 1. The molecule has 0 fully saturated rings. The number of benzene rings is 1. The van der Waals surface area contributed by atoms with Crippen molar-refractivity contribution in [2.75, 3.05) is 0 Å². The normalized spacial score (nSPS) is 9.78. The molecule has 1 aromatic heterocycles. The lowest BCUT2D eigenvalue weighted by Gasteiger charge is -2.05. The van der Waals surface area contributed by atoms with Crippen molar-refractivity contribution in [1.29, 1.82) is 5.26 Å². The summed E-state index contributed by atoms with van der Waals surface area (Å²) in [4.78, 5) is 14.9. The lowest BCUT2D eigenvalue weighted by Crippen LogP contribution is -1.97. The monoisotopic (exact) mass is 238 g/mol. The highest BCUT2D eigenvalue weighted by Crippen LogP contribution is 2.20. The van der Waals surface area contributed by atoms with Crippen LogP contribution in [0.5, 0.6) is 0 Å². The third kappa shape index (κ3) is 2.26. The molecule has 0 bridgehead atoms. The standard InChI is InChI=1S/C14H10N2O2/c15-6-10-1-3-11(4-2-10)12-5-13(8-17)14(9-18)16-7-12/h1-5,7-8,18H,9H2. The van der Waals surface area contributed by atoms with Crippen molar-refractivity contribution >= 4 is 6.29 Å². The molecule has 0 saturated heterocycles. The molecule has 2 rings (SSSR count). The highest BCUT2D eigenvalue weighted by atomic mass is 16.3. The maximum absolute atomic E-state index is 10.9. The van der Waals surface area contributed by atoms with Gasteiger partial charge in [0.05, 0.1) is 23.9 Å². The summed E-state index contributed by atoms with van der Waals surface area (Å²) in [5.74, 6) is 0. The second-order valence-electron chi connectivity index (χ2n) is 3.73. The highest BCUT2D eigenvalue weighted by Gasteiger charge is 2.05. The largest absolute Gasteiger partial charge is 0.390 e. The predicted molar refractivity (Wildman–Crippen MR) is 65.7 cm³/mol. The molecule has 0 spiro atoms. The predicted octanol–water partition coefficient (Wildman–Crippen LogP) is 1.93. The molecule has 0 aliphatic rings. The van der Waals surface area contributed by atoms with Gasteiger partial charge in [-0.2, -0.15) is 5.26 Å². The van der Waals surface area contributed by atoms with Crippen LogP contribution in [0.25, 0.3) is 11.1 Å². The highest BCUT2D eigenvalue weighted by molar-refractivity contribution is 5.80. The quantitative estimate of drug-likeness (QED) is 0.829. The van der Waals surface area contributed by atoms with Crippen LogP contribution in [0.2, 0.25) is 0 Å². The molecule has 2 aromatic rings. The molecule has 1 aromatic carbocycles. The van der Waals surface area contributed by atoms with Crippen LogP contribution in [0.3, 0.4) is 0 Å². The Kier molecular flexibility index (Phi) is 3.46. The van der Waals surface area contributed by atoms with Crippen molar-refractivity contribution in [3.05, 3.63) is 53.3 Å². The summed E-state index contributed by atoms with van der Waals surface area (Å²) >= 11 is 0. The minimum atomic E-state index is -0.262. The zero-order valence-electron chi connectivity index (χ0n) is 9.50. The summed E-state index contributed by atoms with van der Waals surface area (Å²) in [5.41, 5.74) is 2.96. The molecule has 18 heavy (non-hydrogen) atoms. The van der Waals surface area contributed by atoms with Gasteiger partial charge in [-0.3, -0.25) is 9.78 Å². The van der Waals surface area contributed by atoms with Crippen molar-refractivity contribution in [2.24, 2.45) is 0 Å². The smallest absolute Gasteiger partial charge is 0.151 e. The summed E-state index contributed by atoms with van der Waals surface area (Å²) < 4.78 is 0. The number of rotatable bonds is 3. The van der Waals surface area contributed by atoms with E-state index in [2.05, 4.69) is 4.98 Å². The fourth-order valence-corrected chi connectivity index (χ4v) is 1.64. The first kappa shape index (κ1) is 12.0. The van der Waals surface area contributed by atoms with E-state index in [1.807, 2.05) is 6.07 Å². The van der Waals surface area contributed by atoms with Crippen molar-refractivity contribution in [3.63, 3.8) is 0 Å². The number of aromatic nitrogens is 1. The van der Waals surface area contributed by atoms with Crippen LogP contribution >= 0.6 is 0 Å². The van der Waals surface area contributed by atoms with Gasteiger partial charge in [0, 0.05) is 17.3 Å². The maximum atomic E-state index is 10.9. The molecule has 4 heteroatoms. The fraction of sp³-hybridized carbons (Fsp3) is 0.0714. The molecule has 4 nitrogen and oxygen atoms in total. The van der Waals surface area contributed by atoms with E-state index < -0.39 is 0 Å². The molecule has 0 saturated carbocycles. The van der Waals surface area contributed by atoms with Gasteiger partial charge in [0.1, 0.15) is 0 Å². The molecule has 88 valence electrons. The summed E-state index contributed by atoms with van der Waals surface area (Å²) in [7, 11) is 0.